The predicted octanol–water partition coefficient (Wildman–Crippen LogP) is 5.38. The van der Waals surface area contributed by atoms with Gasteiger partial charge in [0.1, 0.15) is 5.02 Å². The molecule has 0 fully saturated rings. The van der Waals surface area contributed by atoms with Crippen molar-refractivity contribution in [1.82, 2.24) is 0 Å². The van der Waals surface area contributed by atoms with Gasteiger partial charge in [0.25, 0.3) is 0 Å². The van der Waals surface area contributed by atoms with E-state index in [0.29, 0.717) is 17.9 Å². The third-order valence-corrected chi connectivity index (χ3v) is 6.26. The molecule has 4 nitrogen and oxygen atoms in total. The molecule has 0 radical (unpaired) electrons. The number of rotatable bonds is 4. The Balaban J connectivity index is 1.79. The fraction of sp³-hybridized carbons (Fsp3) is 0.273. The molecule has 0 heterocycles. The first-order chi connectivity index (χ1) is 13.4. The van der Waals surface area contributed by atoms with Gasteiger partial charge in [-0.3, -0.25) is 14.6 Å². The fourth-order valence-electron chi connectivity index (χ4n) is 4.25. The van der Waals surface area contributed by atoms with Crippen LogP contribution in [0.15, 0.2) is 42.5 Å². The molecule has 0 spiro atoms. The number of carbonyl (C=O) groups is 2. The van der Waals surface area contributed by atoms with Crippen LogP contribution in [0.1, 0.15) is 36.5 Å². The Kier molecular flexibility index (Phi) is 4.94. The van der Waals surface area contributed by atoms with Gasteiger partial charge in [-0.15, -0.1) is 0 Å². The Morgan fingerprint density at radius 3 is 2.64 bits per heavy atom. The second kappa shape index (κ2) is 7.26. The third kappa shape index (κ3) is 3.31. The summed E-state index contributed by atoms with van der Waals surface area (Å²) in [7, 11) is 0. The van der Waals surface area contributed by atoms with Crippen molar-refractivity contribution >= 4 is 40.5 Å². The molecular formula is C22H18Cl2O4. The maximum atomic E-state index is 12.2. The quantitative estimate of drug-likeness (QED) is 0.495. The molecule has 28 heavy (non-hydrogen) atoms. The number of fused-ring (bicyclic) bond motifs is 3. The first-order valence-electron chi connectivity index (χ1n) is 9.05. The maximum absolute atomic E-state index is 12.2. The van der Waals surface area contributed by atoms with Crippen molar-refractivity contribution in [2.24, 2.45) is 5.41 Å². The molecule has 0 bridgehead atoms. The van der Waals surface area contributed by atoms with Gasteiger partial charge in [0, 0.05) is 24.3 Å². The number of benzene rings is 2. The lowest BCUT2D eigenvalue weighted by molar-refractivity contribution is -0.210. The minimum absolute atomic E-state index is 0.0963. The minimum Gasteiger partial charge on any atom is -0.295 e. The monoisotopic (exact) mass is 416 g/mol. The summed E-state index contributed by atoms with van der Waals surface area (Å²) in [6.45, 7) is 1.24. The van der Waals surface area contributed by atoms with Crippen LogP contribution in [0, 0.1) is 5.41 Å². The van der Waals surface area contributed by atoms with Crippen molar-refractivity contribution in [3.63, 3.8) is 0 Å². The van der Waals surface area contributed by atoms with Crippen molar-refractivity contribution in [1.29, 1.82) is 0 Å². The summed E-state index contributed by atoms with van der Waals surface area (Å²) in [5.74, 6) is -0.296. The van der Waals surface area contributed by atoms with E-state index in [0.717, 1.165) is 29.5 Å². The summed E-state index contributed by atoms with van der Waals surface area (Å²) in [6, 6.07) is 12.0. The molecule has 1 atom stereocenters. The Morgan fingerprint density at radius 2 is 1.93 bits per heavy atom. The zero-order chi connectivity index (χ0) is 19.9. The molecule has 2 aliphatic carbocycles. The van der Waals surface area contributed by atoms with E-state index in [1.165, 1.54) is 12.5 Å². The number of hydrogen-bond donors (Lipinski definition) is 0. The lowest BCUT2D eigenvalue weighted by Gasteiger charge is -2.34. The van der Waals surface area contributed by atoms with Crippen LogP contribution in [-0.4, -0.2) is 11.8 Å². The van der Waals surface area contributed by atoms with Crippen molar-refractivity contribution in [2.45, 2.75) is 32.6 Å². The first-order valence-corrected chi connectivity index (χ1v) is 9.80. The summed E-state index contributed by atoms with van der Waals surface area (Å²) >= 11 is 13.0. The molecule has 144 valence electrons. The molecule has 0 amide bonds. The maximum Gasteiger partial charge on any atom is 0.352 e. The third-order valence-electron chi connectivity index (χ3n) is 5.41. The number of carbonyl (C=O) groups excluding carboxylic acids is 2. The molecule has 6 heteroatoms. The fourth-order valence-corrected chi connectivity index (χ4v) is 4.75. The molecule has 1 unspecified atom stereocenters. The van der Waals surface area contributed by atoms with Crippen LogP contribution in [-0.2, 0) is 27.3 Å². The average Bonchev–Trinajstić information content (AvgIpc) is 2.97. The Labute approximate surface area is 173 Å². The zero-order valence-electron chi connectivity index (χ0n) is 15.3. The number of allylic oxidation sites excluding steroid dienone is 2. The molecule has 0 aliphatic heterocycles. The SMILES string of the molecule is CC(=O)OOc1cc2c(c(Cl)c1Cl)C1=CC(=O)CCC1(Cc1ccccc1)C2. The highest BCUT2D eigenvalue weighted by Crippen LogP contribution is 2.57. The van der Waals surface area contributed by atoms with Crippen molar-refractivity contribution in [3.8, 4) is 5.75 Å². The highest BCUT2D eigenvalue weighted by molar-refractivity contribution is 6.44. The van der Waals surface area contributed by atoms with Crippen LogP contribution in [0.25, 0.3) is 5.57 Å². The summed E-state index contributed by atoms with van der Waals surface area (Å²) < 4.78 is 0. The molecule has 0 saturated heterocycles. The van der Waals surface area contributed by atoms with Gasteiger partial charge in [0.15, 0.2) is 11.5 Å². The van der Waals surface area contributed by atoms with Gasteiger partial charge in [-0.1, -0.05) is 53.5 Å². The lowest BCUT2D eigenvalue weighted by Crippen LogP contribution is -2.28. The van der Waals surface area contributed by atoms with Gasteiger partial charge in [0.2, 0.25) is 0 Å². The summed E-state index contributed by atoms with van der Waals surface area (Å²) in [4.78, 5) is 33.0. The lowest BCUT2D eigenvalue weighted by atomic mass is 9.69. The first kappa shape index (κ1) is 19.0. The largest absolute Gasteiger partial charge is 0.352 e. The van der Waals surface area contributed by atoms with Crippen LogP contribution < -0.4 is 4.89 Å². The highest BCUT2D eigenvalue weighted by atomic mass is 35.5. The van der Waals surface area contributed by atoms with E-state index >= 15 is 0 Å². The molecule has 2 aromatic carbocycles. The van der Waals surface area contributed by atoms with Gasteiger partial charge >= 0.3 is 5.97 Å². The average molecular weight is 417 g/mol. The van der Waals surface area contributed by atoms with E-state index in [4.69, 9.17) is 28.1 Å². The van der Waals surface area contributed by atoms with Crippen LogP contribution in [0.2, 0.25) is 10.0 Å². The Bertz CT molecular complexity index is 997. The molecule has 2 aromatic rings. The second-order valence-electron chi connectivity index (χ2n) is 7.34. The molecule has 0 aromatic heterocycles. The standard InChI is InChI=1S/C22H18Cl2O4/c1-13(25)27-28-18-9-15-12-22(11-14-5-3-2-4-6-14)8-7-16(26)10-17(22)19(15)21(24)20(18)23/h2-6,9-10H,7-8,11-12H2,1H3. The van der Waals surface area contributed by atoms with E-state index < -0.39 is 5.97 Å². The number of hydrogen-bond acceptors (Lipinski definition) is 4. The van der Waals surface area contributed by atoms with Gasteiger partial charge in [-0.25, -0.2) is 4.79 Å². The number of halogens is 2. The Morgan fingerprint density at radius 1 is 1.18 bits per heavy atom. The normalized spacial score (nSPS) is 20.2. The second-order valence-corrected chi connectivity index (χ2v) is 8.09. The summed E-state index contributed by atoms with van der Waals surface area (Å²) in [5.41, 5.74) is 3.66. The van der Waals surface area contributed by atoms with Crippen molar-refractivity contribution < 1.29 is 19.4 Å². The van der Waals surface area contributed by atoms with Gasteiger partial charge in [-0.05, 0) is 48.1 Å². The van der Waals surface area contributed by atoms with E-state index in [2.05, 4.69) is 17.0 Å². The summed E-state index contributed by atoms with van der Waals surface area (Å²) in [6.07, 6.45) is 4.48. The van der Waals surface area contributed by atoms with Crippen LogP contribution in [0.5, 0.6) is 5.75 Å². The molecule has 0 saturated carbocycles. The van der Waals surface area contributed by atoms with Gasteiger partial charge in [-0.2, -0.15) is 0 Å². The molecular weight excluding hydrogens is 399 g/mol. The highest BCUT2D eigenvalue weighted by Gasteiger charge is 2.46. The van der Waals surface area contributed by atoms with Crippen molar-refractivity contribution in [3.05, 3.63) is 69.2 Å². The van der Waals surface area contributed by atoms with Gasteiger partial charge < -0.3 is 0 Å². The molecule has 4 rings (SSSR count). The zero-order valence-corrected chi connectivity index (χ0v) is 16.8. The smallest absolute Gasteiger partial charge is 0.295 e. The van der Waals surface area contributed by atoms with E-state index in [9.17, 15) is 9.59 Å². The predicted molar refractivity (Wildman–Crippen MR) is 107 cm³/mol. The van der Waals surface area contributed by atoms with Crippen molar-refractivity contribution in [2.75, 3.05) is 0 Å². The molecule has 0 N–H and O–H groups in total. The van der Waals surface area contributed by atoms with Crippen LogP contribution in [0.4, 0.5) is 0 Å². The van der Waals surface area contributed by atoms with Crippen LogP contribution in [0.3, 0.4) is 0 Å². The molecule has 2 aliphatic rings. The van der Waals surface area contributed by atoms with Crippen LogP contribution >= 0.6 is 23.2 Å². The Hall–Kier alpha value is -2.30. The van der Waals surface area contributed by atoms with E-state index in [1.54, 1.807) is 12.1 Å². The van der Waals surface area contributed by atoms with E-state index in [1.807, 2.05) is 18.2 Å². The van der Waals surface area contributed by atoms with Gasteiger partial charge in [0.05, 0.1) is 5.02 Å². The minimum atomic E-state index is -0.588. The van der Waals surface area contributed by atoms with E-state index in [-0.39, 0.29) is 22.0 Å². The number of ketones is 1. The topological polar surface area (TPSA) is 52.6 Å². The summed E-state index contributed by atoms with van der Waals surface area (Å²) in [5, 5.41) is 0.480.